The zero-order valence-corrected chi connectivity index (χ0v) is 18.3. The molecule has 0 aliphatic heterocycles. The summed E-state index contributed by atoms with van der Waals surface area (Å²) in [5.74, 6) is 0.637. The molecule has 0 radical (unpaired) electrons. The van der Waals surface area contributed by atoms with E-state index < -0.39 is 0 Å². The molecule has 154 valence electrons. The lowest BCUT2D eigenvalue weighted by Gasteiger charge is -2.12. The van der Waals surface area contributed by atoms with E-state index in [1.54, 1.807) is 11.3 Å². The van der Waals surface area contributed by atoms with Crippen molar-refractivity contribution in [1.29, 1.82) is 0 Å². The van der Waals surface area contributed by atoms with Crippen LogP contribution in [0.5, 0.6) is 0 Å². The first-order valence-electron chi connectivity index (χ1n) is 9.44. The number of nitrogens with zero attached hydrogens (tertiary/aromatic N) is 4. The van der Waals surface area contributed by atoms with Crippen LogP contribution >= 0.6 is 23.1 Å². The number of para-hydroxylation sites is 1. The number of carbonyl (C=O) groups excluding carboxylic acids is 1. The van der Waals surface area contributed by atoms with Crippen LogP contribution in [0.2, 0.25) is 0 Å². The number of aryl methyl sites for hydroxylation is 2. The summed E-state index contributed by atoms with van der Waals surface area (Å²) >= 11 is 2.91. The second kappa shape index (κ2) is 9.27. The molecule has 4 aromatic rings. The highest BCUT2D eigenvalue weighted by Gasteiger charge is 2.11. The minimum atomic E-state index is -0.119. The molecule has 1 amide bonds. The predicted molar refractivity (Wildman–Crippen MR) is 121 cm³/mol. The summed E-state index contributed by atoms with van der Waals surface area (Å²) in [4.78, 5) is 18.8. The van der Waals surface area contributed by atoms with Gasteiger partial charge in [-0.3, -0.25) is 4.79 Å². The van der Waals surface area contributed by atoms with Gasteiger partial charge in [0, 0.05) is 38.3 Å². The fourth-order valence-corrected chi connectivity index (χ4v) is 4.35. The van der Waals surface area contributed by atoms with E-state index in [4.69, 9.17) is 4.42 Å². The van der Waals surface area contributed by atoms with Gasteiger partial charge < -0.3 is 14.6 Å². The van der Waals surface area contributed by atoms with Crippen LogP contribution in [0, 0.1) is 0 Å². The minimum absolute atomic E-state index is 0.119. The molecule has 1 N–H and O–H groups in total. The number of thioether (sulfide) groups is 1. The number of hydrogen-bond acceptors (Lipinski definition) is 8. The maximum Gasteiger partial charge on any atom is 0.277 e. The zero-order valence-electron chi connectivity index (χ0n) is 16.7. The fraction of sp³-hybridized carbons (Fsp3) is 0.238. The number of rotatable bonds is 8. The van der Waals surface area contributed by atoms with Crippen molar-refractivity contribution in [2.45, 2.75) is 18.1 Å². The average Bonchev–Trinajstić information content (AvgIpc) is 3.37. The lowest BCUT2D eigenvalue weighted by atomic mass is 10.2. The number of amides is 1. The van der Waals surface area contributed by atoms with E-state index >= 15 is 0 Å². The number of fused-ring (bicyclic) bond motifs is 1. The van der Waals surface area contributed by atoms with E-state index in [9.17, 15) is 4.79 Å². The molecule has 0 saturated heterocycles. The van der Waals surface area contributed by atoms with Crippen molar-refractivity contribution < 1.29 is 9.21 Å². The zero-order chi connectivity index (χ0) is 20.9. The van der Waals surface area contributed by atoms with E-state index in [0.717, 1.165) is 28.3 Å². The first-order valence-corrected chi connectivity index (χ1v) is 11.2. The van der Waals surface area contributed by atoms with Crippen LogP contribution in [0.25, 0.3) is 10.2 Å². The third-order valence-corrected chi connectivity index (χ3v) is 6.25. The van der Waals surface area contributed by atoms with E-state index in [2.05, 4.69) is 26.6 Å². The molecule has 2 aromatic carbocycles. The smallest absolute Gasteiger partial charge is 0.277 e. The third-order valence-electron chi connectivity index (χ3n) is 4.33. The van der Waals surface area contributed by atoms with E-state index in [1.165, 1.54) is 16.5 Å². The summed E-state index contributed by atoms with van der Waals surface area (Å²) in [5, 5.41) is 12.4. The molecular formula is C21H21N5O2S2. The Balaban J connectivity index is 1.25. The Labute approximate surface area is 182 Å². The molecule has 4 rings (SSSR count). The summed E-state index contributed by atoms with van der Waals surface area (Å²) in [6.07, 6.45) is 1.37. The van der Waals surface area contributed by atoms with Crippen molar-refractivity contribution in [2.75, 3.05) is 30.1 Å². The molecule has 2 heterocycles. The first kappa shape index (κ1) is 20.4. The van der Waals surface area contributed by atoms with Crippen LogP contribution in [0.3, 0.4) is 0 Å². The van der Waals surface area contributed by atoms with Gasteiger partial charge in [0.1, 0.15) is 0 Å². The maximum absolute atomic E-state index is 12.2. The SMILES string of the molecule is CN(C)c1ccc(NC(=O)CSc2nnc(CCc3nc4ccccc4s3)o2)cc1. The highest BCUT2D eigenvalue weighted by atomic mass is 32.2. The number of thiazole rings is 1. The predicted octanol–water partition coefficient (Wildman–Crippen LogP) is 4.26. The van der Waals surface area contributed by atoms with Gasteiger partial charge in [-0.05, 0) is 36.4 Å². The van der Waals surface area contributed by atoms with E-state index in [0.29, 0.717) is 17.5 Å². The second-order valence-electron chi connectivity index (χ2n) is 6.82. The van der Waals surface area contributed by atoms with Crippen LogP contribution in [-0.4, -0.2) is 40.9 Å². The lowest BCUT2D eigenvalue weighted by Crippen LogP contribution is -2.14. The Kier molecular flexibility index (Phi) is 6.29. The van der Waals surface area contributed by atoms with Gasteiger partial charge in [-0.15, -0.1) is 21.5 Å². The molecule has 0 spiro atoms. The molecule has 7 nitrogen and oxygen atoms in total. The Hall–Kier alpha value is -2.91. The van der Waals surface area contributed by atoms with Gasteiger partial charge in [0.15, 0.2) is 0 Å². The van der Waals surface area contributed by atoms with Crippen LogP contribution in [-0.2, 0) is 17.6 Å². The molecule has 0 unspecified atom stereocenters. The van der Waals surface area contributed by atoms with Crippen LogP contribution in [0.15, 0.2) is 58.2 Å². The Bertz CT molecular complexity index is 1100. The van der Waals surface area contributed by atoms with E-state index in [1.807, 2.05) is 61.5 Å². The number of nitrogens with one attached hydrogen (secondary N) is 1. The highest BCUT2D eigenvalue weighted by Crippen LogP contribution is 2.23. The molecule has 0 fully saturated rings. The molecule has 0 saturated carbocycles. The van der Waals surface area contributed by atoms with Gasteiger partial charge in [0.05, 0.1) is 21.0 Å². The van der Waals surface area contributed by atoms with Crippen molar-refractivity contribution >= 4 is 50.6 Å². The summed E-state index contributed by atoms with van der Waals surface area (Å²) in [7, 11) is 3.95. The lowest BCUT2D eigenvalue weighted by molar-refractivity contribution is -0.113. The summed E-state index contributed by atoms with van der Waals surface area (Å²) in [5.41, 5.74) is 2.85. The third kappa shape index (κ3) is 5.17. The number of carbonyl (C=O) groups is 1. The van der Waals surface area contributed by atoms with Crippen molar-refractivity contribution in [3.05, 3.63) is 59.4 Å². The molecule has 30 heavy (non-hydrogen) atoms. The van der Waals surface area contributed by atoms with Gasteiger partial charge in [-0.1, -0.05) is 23.9 Å². The van der Waals surface area contributed by atoms with Crippen molar-refractivity contribution in [2.24, 2.45) is 0 Å². The van der Waals surface area contributed by atoms with Crippen LogP contribution < -0.4 is 10.2 Å². The number of hydrogen-bond donors (Lipinski definition) is 1. The van der Waals surface area contributed by atoms with Crippen molar-refractivity contribution in [1.82, 2.24) is 15.2 Å². The van der Waals surface area contributed by atoms with Gasteiger partial charge in [-0.2, -0.15) is 0 Å². The largest absolute Gasteiger partial charge is 0.416 e. The molecule has 0 aliphatic rings. The normalized spacial score (nSPS) is 11.0. The first-order chi connectivity index (χ1) is 14.6. The van der Waals surface area contributed by atoms with Gasteiger partial charge in [0.25, 0.3) is 5.22 Å². The molecule has 0 aliphatic carbocycles. The molecule has 0 bridgehead atoms. The minimum Gasteiger partial charge on any atom is -0.416 e. The Morgan fingerprint density at radius 3 is 2.67 bits per heavy atom. The Morgan fingerprint density at radius 2 is 1.90 bits per heavy atom. The summed E-state index contributed by atoms with van der Waals surface area (Å²) < 4.78 is 6.83. The van der Waals surface area contributed by atoms with Crippen molar-refractivity contribution in [3.63, 3.8) is 0 Å². The van der Waals surface area contributed by atoms with Gasteiger partial charge in [0.2, 0.25) is 11.8 Å². The van der Waals surface area contributed by atoms with E-state index in [-0.39, 0.29) is 11.7 Å². The quantitative estimate of drug-likeness (QED) is 0.411. The van der Waals surface area contributed by atoms with Crippen LogP contribution in [0.1, 0.15) is 10.9 Å². The molecular weight excluding hydrogens is 418 g/mol. The maximum atomic E-state index is 12.2. The molecule has 0 atom stereocenters. The topological polar surface area (TPSA) is 84.2 Å². The fourth-order valence-electron chi connectivity index (χ4n) is 2.81. The molecule has 9 heteroatoms. The monoisotopic (exact) mass is 439 g/mol. The van der Waals surface area contributed by atoms with Gasteiger partial charge >= 0.3 is 0 Å². The second-order valence-corrected chi connectivity index (χ2v) is 8.86. The Morgan fingerprint density at radius 1 is 1.10 bits per heavy atom. The standard InChI is InChI=1S/C21H21N5O2S2/c1-26(2)15-9-7-14(8-10-15)22-18(27)13-29-21-25-24-19(28-21)11-12-20-23-16-5-3-4-6-17(16)30-20/h3-10H,11-13H2,1-2H3,(H,22,27). The number of aromatic nitrogens is 3. The molecule has 2 aromatic heterocycles. The van der Waals surface area contributed by atoms with Gasteiger partial charge in [-0.25, -0.2) is 4.98 Å². The highest BCUT2D eigenvalue weighted by molar-refractivity contribution is 7.99. The average molecular weight is 440 g/mol. The van der Waals surface area contributed by atoms with Crippen molar-refractivity contribution in [3.8, 4) is 0 Å². The van der Waals surface area contributed by atoms with Crippen LogP contribution in [0.4, 0.5) is 11.4 Å². The summed E-state index contributed by atoms with van der Waals surface area (Å²) in [6.45, 7) is 0. The number of benzene rings is 2. The summed E-state index contributed by atoms with van der Waals surface area (Å²) in [6, 6.07) is 15.8. The number of anilines is 2.